The lowest BCUT2D eigenvalue weighted by molar-refractivity contribution is -0.115. The summed E-state index contributed by atoms with van der Waals surface area (Å²) >= 11 is 1.31. The number of nitrogen functional groups attached to an aromatic ring is 1. The number of carbonyl (C=O) groups excluding carboxylic acids is 1. The lowest BCUT2D eigenvalue weighted by Gasteiger charge is -2.20. The number of carbonyl (C=O) groups is 1. The van der Waals surface area contributed by atoms with E-state index in [1.165, 1.54) is 31.0 Å². The molecule has 1 saturated carbocycles. The summed E-state index contributed by atoms with van der Waals surface area (Å²) in [5, 5.41) is 11.6. The lowest BCUT2D eigenvalue weighted by Crippen LogP contribution is -2.24. The van der Waals surface area contributed by atoms with Crippen molar-refractivity contribution in [2.45, 2.75) is 62.3 Å². The van der Waals surface area contributed by atoms with Crippen molar-refractivity contribution in [2.75, 3.05) is 17.8 Å². The third kappa shape index (κ3) is 4.74. The van der Waals surface area contributed by atoms with Crippen molar-refractivity contribution < 1.29 is 9.53 Å². The number of hydrogen-bond acceptors (Lipinski definition) is 6. The van der Waals surface area contributed by atoms with Gasteiger partial charge in [-0.3, -0.25) is 4.79 Å². The molecule has 0 bridgehead atoms. The number of rotatable bonds is 7. The predicted octanol–water partition coefficient (Wildman–Crippen LogP) is 3.56. The number of anilines is 1. The van der Waals surface area contributed by atoms with Crippen molar-refractivity contribution in [3.63, 3.8) is 0 Å². The van der Waals surface area contributed by atoms with Crippen molar-refractivity contribution in [3.05, 3.63) is 30.1 Å². The second-order valence-electron chi connectivity index (χ2n) is 6.72. The quantitative estimate of drug-likeness (QED) is 0.555. The van der Waals surface area contributed by atoms with Gasteiger partial charge in [0.05, 0.1) is 17.5 Å². The lowest BCUT2D eigenvalue weighted by atomic mass is 9.89. The van der Waals surface area contributed by atoms with Crippen LogP contribution in [0.25, 0.3) is 0 Å². The zero-order valence-corrected chi connectivity index (χ0v) is 16.7. The fourth-order valence-corrected chi connectivity index (χ4v) is 4.08. The Kier molecular flexibility index (Phi) is 6.60. The van der Waals surface area contributed by atoms with E-state index in [1.807, 2.05) is 38.1 Å². The van der Waals surface area contributed by atoms with Crippen molar-refractivity contribution in [1.82, 2.24) is 14.9 Å². The molecule has 27 heavy (non-hydrogen) atoms. The summed E-state index contributed by atoms with van der Waals surface area (Å²) in [5.74, 6) is 7.94. The number of amides is 1. The average molecular weight is 390 g/mol. The summed E-state index contributed by atoms with van der Waals surface area (Å²) in [6.07, 6.45) is 5.89. The fraction of sp³-hybridized carbons (Fsp3) is 0.526. The third-order valence-corrected chi connectivity index (χ3v) is 5.81. The minimum Gasteiger partial charge on any atom is -0.492 e. The van der Waals surface area contributed by atoms with Crippen LogP contribution in [-0.2, 0) is 4.79 Å². The highest BCUT2D eigenvalue weighted by molar-refractivity contribution is 8.00. The maximum absolute atomic E-state index is 12.6. The monoisotopic (exact) mass is 389 g/mol. The Morgan fingerprint density at radius 1 is 1.33 bits per heavy atom. The minimum absolute atomic E-state index is 0.130. The summed E-state index contributed by atoms with van der Waals surface area (Å²) in [6, 6.07) is 7.40. The molecule has 0 aliphatic heterocycles. The first kappa shape index (κ1) is 19.5. The van der Waals surface area contributed by atoms with Crippen LogP contribution in [0.2, 0.25) is 0 Å². The molecule has 1 aliphatic rings. The van der Waals surface area contributed by atoms with Gasteiger partial charge in [-0.25, -0.2) is 4.68 Å². The summed E-state index contributed by atoms with van der Waals surface area (Å²) in [4.78, 5) is 12.6. The van der Waals surface area contributed by atoms with Crippen molar-refractivity contribution in [2.24, 2.45) is 0 Å². The maximum atomic E-state index is 12.6. The van der Waals surface area contributed by atoms with E-state index in [9.17, 15) is 4.79 Å². The van der Waals surface area contributed by atoms with Gasteiger partial charge in [-0.05, 0) is 38.8 Å². The Labute approximate surface area is 164 Å². The molecule has 1 aliphatic carbocycles. The molecular weight excluding hydrogens is 362 g/mol. The summed E-state index contributed by atoms with van der Waals surface area (Å²) in [7, 11) is 0. The zero-order valence-electron chi connectivity index (χ0n) is 15.9. The van der Waals surface area contributed by atoms with E-state index in [-0.39, 0.29) is 11.2 Å². The molecule has 1 heterocycles. The van der Waals surface area contributed by atoms with E-state index >= 15 is 0 Å². The number of aromatic nitrogens is 3. The number of hydrogen-bond donors (Lipinski definition) is 2. The zero-order chi connectivity index (χ0) is 19.2. The van der Waals surface area contributed by atoms with Crippen molar-refractivity contribution in [3.8, 4) is 5.75 Å². The molecule has 1 atom stereocenters. The molecule has 1 unspecified atom stereocenters. The smallest absolute Gasteiger partial charge is 0.237 e. The van der Waals surface area contributed by atoms with Crippen molar-refractivity contribution >= 4 is 23.4 Å². The first-order valence-electron chi connectivity index (χ1n) is 9.50. The topological polar surface area (TPSA) is 95.1 Å². The van der Waals surface area contributed by atoms with Crippen LogP contribution in [0.5, 0.6) is 5.75 Å². The SMILES string of the molecule is CCOc1ccccc1NC(=O)C(C)Sc1nnc(C2CCCCC2)n1N. The van der Waals surface area contributed by atoms with Gasteiger partial charge in [0.25, 0.3) is 0 Å². The van der Waals surface area contributed by atoms with E-state index < -0.39 is 0 Å². The number of nitrogens with two attached hydrogens (primary N) is 1. The van der Waals surface area contributed by atoms with Gasteiger partial charge in [-0.1, -0.05) is 43.2 Å². The van der Waals surface area contributed by atoms with Crippen LogP contribution in [0, 0.1) is 0 Å². The van der Waals surface area contributed by atoms with Gasteiger partial charge in [0.2, 0.25) is 11.1 Å². The number of thioether (sulfide) groups is 1. The van der Waals surface area contributed by atoms with Gasteiger partial charge in [0, 0.05) is 5.92 Å². The van der Waals surface area contributed by atoms with Crippen LogP contribution in [0.3, 0.4) is 0 Å². The highest BCUT2D eigenvalue weighted by Crippen LogP contribution is 2.33. The van der Waals surface area contributed by atoms with E-state index in [0.29, 0.717) is 29.1 Å². The van der Waals surface area contributed by atoms with Crippen molar-refractivity contribution in [1.29, 1.82) is 0 Å². The predicted molar refractivity (Wildman–Crippen MR) is 108 cm³/mol. The molecule has 0 spiro atoms. The highest BCUT2D eigenvalue weighted by atomic mass is 32.2. The normalized spacial score (nSPS) is 16.1. The van der Waals surface area contributed by atoms with Gasteiger partial charge in [0.1, 0.15) is 5.75 Å². The summed E-state index contributed by atoms with van der Waals surface area (Å²) in [6.45, 7) is 4.28. The van der Waals surface area contributed by atoms with Gasteiger partial charge in [-0.2, -0.15) is 0 Å². The summed E-state index contributed by atoms with van der Waals surface area (Å²) < 4.78 is 7.11. The van der Waals surface area contributed by atoms with Crippen LogP contribution in [-0.4, -0.2) is 32.6 Å². The average Bonchev–Trinajstić information content (AvgIpc) is 3.04. The molecule has 0 saturated heterocycles. The Hall–Kier alpha value is -2.22. The molecule has 7 nitrogen and oxygen atoms in total. The Balaban J connectivity index is 1.64. The molecule has 1 aromatic carbocycles. The van der Waals surface area contributed by atoms with Crippen LogP contribution in [0.1, 0.15) is 57.7 Å². The molecule has 1 fully saturated rings. The van der Waals surface area contributed by atoms with Gasteiger partial charge in [-0.15, -0.1) is 10.2 Å². The fourth-order valence-electron chi connectivity index (χ4n) is 3.31. The first-order chi connectivity index (χ1) is 13.1. The molecule has 8 heteroatoms. The highest BCUT2D eigenvalue weighted by Gasteiger charge is 2.25. The van der Waals surface area contributed by atoms with Crippen LogP contribution >= 0.6 is 11.8 Å². The number of para-hydroxylation sites is 2. The Morgan fingerprint density at radius 3 is 2.81 bits per heavy atom. The van der Waals surface area contributed by atoms with E-state index in [4.69, 9.17) is 10.6 Å². The van der Waals surface area contributed by atoms with Gasteiger partial charge >= 0.3 is 0 Å². The van der Waals surface area contributed by atoms with E-state index in [1.54, 1.807) is 4.68 Å². The van der Waals surface area contributed by atoms with Gasteiger partial charge in [0.15, 0.2) is 5.82 Å². The maximum Gasteiger partial charge on any atom is 0.237 e. The molecule has 2 aromatic rings. The second kappa shape index (κ2) is 9.12. The summed E-state index contributed by atoms with van der Waals surface area (Å²) in [5.41, 5.74) is 0.661. The number of nitrogens with one attached hydrogen (secondary N) is 1. The van der Waals surface area contributed by atoms with Crippen LogP contribution in [0.4, 0.5) is 5.69 Å². The van der Waals surface area contributed by atoms with E-state index in [2.05, 4.69) is 15.5 Å². The number of ether oxygens (including phenoxy) is 1. The minimum atomic E-state index is -0.370. The molecule has 1 amide bonds. The Bertz CT molecular complexity index is 773. The van der Waals surface area contributed by atoms with Crippen LogP contribution in [0.15, 0.2) is 29.4 Å². The molecular formula is C19H27N5O2S. The van der Waals surface area contributed by atoms with Gasteiger partial charge < -0.3 is 15.9 Å². The molecule has 1 aromatic heterocycles. The number of benzene rings is 1. The molecule has 3 rings (SSSR count). The molecule has 3 N–H and O–H groups in total. The van der Waals surface area contributed by atoms with E-state index in [0.717, 1.165) is 18.7 Å². The Morgan fingerprint density at radius 2 is 2.07 bits per heavy atom. The first-order valence-corrected chi connectivity index (χ1v) is 10.4. The number of nitrogens with zero attached hydrogens (tertiary/aromatic N) is 3. The third-order valence-electron chi connectivity index (χ3n) is 4.76. The second-order valence-corrected chi connectivity index (χ2v) is 8.03. The molecule has 0 radical (unpaired) electrons. The standard InChI is InChI=1S/C19H27N5O2S/c1-3-26-16-12-8-7-11-15(16)21-18(25)13(2)27-19-23-22-17(24(19)20)14-9-5-4-6-10-14/h7-8,11-14H,3-6,9-10,20H2,1-2H3,(H,21,25). The molecule has 146 valence electrons. The largest absolute Gasteiger partial charge is 0.492 e. The van der Waals surface area contributed by atoms with Crippen LogP contribution < -0.4 is 15.9 Å².